The first-order valence-electron chi connectivity index (χ1n) is 1.54. The molecule has 0 atom stereocenters. The fourth-order valence-corrected chi connectivity index (χ4v) is 0.165. The van der Waals surface area contributed by atoms with E-state index in [0.717, 1.165) is 0 Å². The summed E-state index contributed by atoms with van der Waals surface area (Å²) >= 11 is 9.00. The third kappa shape index (κ3) is 2.43. The van der Waals surface area contributed by atoms with Gasteiger partial charge in [-0.25, -0.2) is 8.78 Å². The van der Waals surface area contributed by atoms with E-state index in [1.807, 2.05) is 0 Å². The summed E-state index contributed by atoms with van der Waals surface area (Å²) in [6, 6.07) is 0. The Labute approximate surface area is 53.9 Å². The lowest BCUT2D eigenvalue weighted by atomic mass is 10.7. The van der Waals surface area contributed by atoms with Crippen molar-refractivity contribution in [3.63, 3.8) is 0 Å². The lowest BCUT2D eigenvalue weighted by Gasteiger charge is -1.91. The van der Waals surface area contributed by atoms with Crippen molar-refractivity contribution < 1.29 is 13.2 Å². The minimum absolute atomic E-state index is 1.24. The Bertz CT molecular complexity index is 105. The summed E-state index contributed by atoms with van der Waals surface area (Å²) in [7, 11) is 0. The van der Waals surface area contributed by atoms with Crippen LogP contribution in [0.1, 0.15) is 0 Å². The summed E-state index contributed by atoms with van der Waals surface area (Å²) in [5, 5.41) is -2.80. The summed E-state index contributed by atoms with van der Waals surface area (Å²) in [6.07, 6.45) is -3.02. The van der Waals surface area contributed by atoms with Gasteiger partial charge in [-0.1, -0.05) is 11.6 Å². The average molecular weight is 165 g/mol. The van der Waals surface area contributed by atoms with E-state index in [4.69, 9.17) is 0 Å². The average Bonchev–Trinajstić information content (AvgIpc) is 1.64. The van der Waals surface area contributed by atoms with Gasteiger partial charge in [0.05, 0.1) is 0 Å². The van der Waals surface area contributed by atoms with Crippen molar-refractivity contribution in [2.24, 2.45) is 0 Å². The number of rotatable bonds is 1. The van der Waals surface area contributed by atoms with E-state index < -0.39 is 16.7 Å². The molecule has 0 spiro atoms. The van der Waals surface area contributed by atoms with Crippen molar-refractivity contribution in [3.05, 3.63) is 10.3 Å². The van der Waals surface area contributed by atoms with Crippen LogP contribution < -0.4 is 0 Å². The number of halogens is 5. The molecule has 0 aromatic heterocycles. The molecule has 0 saturated carbocycles. The van der Waals surface area contributed by atoms with Gasteiger partial charge in [0, 0.05) is 0 Å². The standard InChI is InChI=1S/C3HCl2F3/c4-1(2(5)6)3(7)8/h3H. The highest BCUT2D eigenvalue weighted by Gasteiger charge is 2.12. The molecule has 0 bridgehead atoms. The quantitative estimate of drug-likeness (QED) is 0.560. The first-order valence-corrected chi connectivity index (χ1v) is 2.30. The van der Waals surface area contributed by atoms with Gasteiger partial charge < -0.3 is 0 Å². The second-order valence-electron chi connectivity index (χ2n) is 0.909. The third-order valence-corrected chi connectivity index (χ3v) is 1.00. The molecule has 0 aromatic carbocycles. The van der Waals surface area contributed by atoms with Gasteiger partial charge in [-0.15, -0.1) is 0 Å². The Kier molecular flexibility index (Phi) is 3.24. The van der Waals surface area contributed by atoms with Gasteiger partial charge in [0.1, 0.15) is 5.03 Å². The summed E-state index contributed by atoms with van der Waals surface area (Å²) in [5.74, 6) is 0. The van der Waals surface area contributed by atoms with Crippen LogP contribution in [-0.2, 0) is 0 Å². The number of allylic oxidation sites excluding steroid dienone is 1. The number of hydrogen-bond donors (Lipinski definition) is 0. The van der Waals surface area contributed by atoms with Crippen LogP contribution in [0.15, 0.2) is 10.3 Å². The molecule has 0 aliphatic rings. The summed E-state index contributed by atoms with van der Waals surface area (Å²) in [4.78, 5) is 0. The zero-order valence-corrected chi connectivity index (χ0v) is 4.98. The molecular weight excluding hydrogens is 164 g/mol. The molecule has 48 valence electrons. The molecule has 8 heavy (non-hydrogen) atoms. The SMILES string of the molecule is FC(Cl)=C(Cl)C(F)F. The minimum atomic E-state index is -3.02. The van der Waals surface area contributed by atoms with Crippen molar-refractivity contribution >= 4 is 23.2 Å². The Morgan fingerprint density at radius 1 is 1.25 bits per heavy atom. The van der Waals surface area contributed by atoms with Gasteiger partial charge in [0.15, 0.2) is 0 Å². The fourth-order valence-electron chi connectivity index (χ4n) is 0.0825. The summed E-state index contributed by atoms with van der Waals surface area (Å²) in [5.41, 5.74) is 0. The maximum atomic E-state index is 11.4. The maximum absolute atomic E-state index is 11.4. The molecule has 0 unspecified atom stereocenters. The highest BCUT2D eigenvalue weighted by atomic mass is 35.5. The normalized spacial score (nSPS) is 14.2. The van der Waals surface area contributed by atoms with Crippen LogP contribution in [0.5, 0.6) is 0 Å². The number of alkyl halides is 2. The monoisotopic (exact) mass is 164 g/mol. The molecule has 0 radical (unpaired) electrons. The van der Waals surface area contributed by atoms with E-state index in [9.17, 15) is 13.2 Å². The molecule has 5 heteroatoms. The van der Waals surface area contributed by atoms with Gasteiger partial charge in [-0.05, 0) is 11.6 Å². The van der Waals surface area contributed by atoms with Crippen LogP contribution in [0, 0.1) is 0 Å². The highest BCUT2D eigenvalue weighted by Crippen LogP contribution is 2.21. The van der Waals surface area contributed by atoms with Crippen LogP contribution in [0.25, 0.3) is 0 Å². The third-order valence-electron chi connectivity index (χ3n) is 0.372. The van der Waals surface area contributed by atoms with Crippen LogP contribution in [-0.4, -0.2) is 6.43 Å². The minimum Gasteiger partial charge on any atom is -0.204 e. The van der Waals surface area contributed by atoms with E-state index in [2.05, 4.69) is 23.2 Å². The second kappa shape index (κ2) is 3.20. The predicted octanol–water partition coefficient (Wildman–Crippen LogP) is 2.87. The predicted molar refractivity (Wildman–Crippen MR) is 25.8 cm³/mol. The molecule has 0 aliphatic heterocycles. The van der Waals surface area contributed by atoms with Gasteiger partial charge in [-0.2, -0.15) is 4.39 Å². The highest BCUT2D eigenvalue weighted by molar-refractivity contribution is 6.38. The fraction of sp³-hybridized carbons (Fsp3) is 0.333. The van der Waals surface area contributed by atoms with Crippen LogP contribution in [0.2, 0.25) is 0 Å². The van der Waals surface area contributed by atoms with Crippen LogP contribution in [0.3, 0.4) is 0 Å². The van der Waals surface area contributed by atoms with Crippen molar-refractivity contribution in [2.45, 2.75) is 6.43 Å². The van der Waals surface area contributed by atoms with E-state index in [1.54, 1.807) is 0 Å². The van der Waals surface area contributed by atoms with Gasteiger partial charge in [0.25, 0.3) is 6.43 Å². The van der Waals surface area contributed by atoms with Crippen LogP contribution >= 0.6 is 23.2 Å². The summed E-state index contributed by atoms with van der Waals surface area (Å²) < 4.78 is 33.7. The summed E-state index contributed by atoms with van der Waals surface area (Å²) in [6.45, 7) is 0. The van der Waals surface area contributed by atoms with Crippen molar-refractivity contribution in [2.75, 3.05) is 0 Å². The molecule has 0 heterocycles. The molecule has 0 aromatic rings. The molecule has 0 N–H and O–H groups in total. The van der Waals surface area contributed by atoms with Gasteiger partial charge in [0.2, 0.25) is 5.29 Å². The van der Waals surface area contributed by atoms with E-state index in [0.29, 0.717) is 0 Å². The lowest BCUT2D eigenvalue weighted by Crippen LogP contribution is -1.88. The zero-order chi connectivity index (χ0) is 6.73. The smallest absolute Gasteiger partial charge is 0.204 e. The van der Waals surface area contributed by atoms with E-state index >= 15 is 0 Å². The Morgan fingerprint density at radius 3 is 1.62 bits per heavy atom. The Hall–Kier alpha value is 0.110. The molecule has 0 amide bonds. The number of hydrogen-bond acceptors (Lipinski definition) is 0. The maximum Gasteiger partial charge on any atom is 0.277 e. The largest absolute Gasteiger partial charge is 0.277 e. The van der Waals surface area contributed by atoms with Gasteiger partial charge >= 0.3 is 0 Å². The molecule has 0 nitrogen and oxygen atoms in total. The molecule has 0 saturated heterocycles. The molecule has 0 fully saturated rings. The Balaban J connectivity index is 4.00. The topological polar surface area (TPSA) is 0 Å². The Morgan fingerprint density at radius 2 is 1.62 bits per heavy atom. The van der Waals surface area contributed by atoms with Crippen molar-refractivity contribution in [1.29, 1.82) is 0 Å². The zero-order valence-electron chi connectivity index (χ0n) is 3.47. The first-order chi connectivity index (χ1) is 3.55. The lowest BCUT2D eigenvalue weighted by molar-refractivity contribution is 0.196. The van der Waals surface area contributed by atoms with Crippen molar-refractivity contribution in [3.8, 4) is 0 Å². The van der Waals surface area contributed by atoms with Crippen LogP contribution in [0.4, 0.5) is 13.2 Å². The first kappa shape index (κ1) is 8.11. The van der Waals surface area contributed by atoms with Crippen molar-refractivity contribution in [1.82, 2.24) is 0 Å². The molecule has 0 aliphatic carbocycles. The van der Waals surface area contributed by atoms with E-state index in [1.165, 1.54) is 0 Å². The second-order valence-corrected chi connectivity index (χ2v) is 1.65. The van der Waals surface area contributed by atoms with E-state index in [-0.39, 0.29) is 0 Å². The van der Waals surface area contributed by atoms with Gasteiger partial charge in [-0.3, -0.25) is 0 Å². The molecule has 0 rings (SSSR count). The molecular formula is C3HCl2F3.